The van der Waals surface area contributed by atoms with Gasteiger partial charge in [0.25, 0.3) is 5.91 Å². The van der Waals surface area contributed by atoms with E-state index in [-0.39, 0.29) is 10.6 Å². The van der Waals surface area contributed by atoms with Crippen LogP contribution in [0.5, 0.6) is 5.75 Å². The van der Waals surface area contributed by atoms with Crippen LogP contribution in [0.15, 0.2) is 42.5 Å². The van der Waals surface area contributed by atoms with Crippen molar-refractivity contribution in [3.8, 4) is 5.75 Å². The number of carbonyl (C=O) groups excluding carboxylic acids is 2. The number of hydrogen-bond donors (Lipinski definition) is 1. The zero-order chi connectivity index (χ0) is 21.2. The minimum Gasteiger partial charge on any atom is -0.491 e. The van der Waals surface area contributed by atoms with Gasteiger partial charge in [0, 0.05) is 15.8 Å². The van der Waals surface area contributed by atoms with Gasteiger partial charge in [-0.25, -0.2) is 4.79 Å². The molecule has 0 aliphatic carbocycles. The van der Waals surface area contributed by atoms with Crippen LogP contribution in [0.1, 0.15) is 32.5 Å². The maximum absolute atomic E-state index is 13.2. The first kappa shape index (κ1) is 20.7. The third-order valence-electron chi connectivity index (χ3n) is 4.04. The molecular weight excluding hydrogens is 407 g/mol. The molecule has 3 rings (SSSR count). The number of hydrogen-bond acceptors (Lipinski definition) is 5. The third-order valence-corrected chi connectivity index (χ3v) is 5.17. The fourth-order valence-electron chi connectivity index (χ4n) is 2.79. The SMILES string of the molecule is CCOc1c(C(=O)OC)sc2ccc(NC(=O)c3ccccc3C(F)(F)F)cc12. The molecular formula is C20H16F3NO4S. The fraction of sp³-hybridized carbons (Fsp3) is 0.200. The molecule has 0 unspecified atom stereocenters. The second kappa shape index (κ2) is 8.12. The maximum atomic E-state index is 13.2. The number of benzene rings is 2. The molecule has 5 nitrogen and oxygen atoms in total. The summed E-state index contributed by atoms with van der Waals surface area (Å²) in [4.78, 5) is 24.7. The van der Waals surface area contributed by atoms with Gasteiger partial charge in [-0.15, -0.1) is 11.3 Å². The highest BCUT2D eigenvalue weighted by atomic mass is 32.1. The summed E-state index contributed by atoms with van der Waals surface area (Å²) in [6.45, 7) is 2.05. The predicted molar refractivity (Wildman–Crippen MR) is 104 cm³/mol. The second-order valence-electron chi connectivity index (χ2n) is 5.89. The van der Waals surface area contributed by atoms with Crippen LogP contribution in [0, 0.1) is 0 Å². The number of alkyl halides is 3. The third kappa shape index (κ3) is 4.19. The minimum absolute atomic E-state index is 0.273. The van der Waals surface area contributed by atoms with Crippen molar-refractivity contribution in [3.05, 3.63) is 58.5 Å². The Kier molecular flexibility index (Phi) is 5.78. The van der Waals surface area contributed by atoms with Crippen LogP contribution in [-0.4, -0.2) is 25.6 Å². The van der Waals surface area contributed by atoms with Gasteiger partial charge in [0.1, 0.15) is 0 Å². The zero-order valence-corrected chi connectivity index (χ0v) is 16.2. The van der Waals surface area contributed by atoms with E-state index in [0.717, 1.165) is 12.1 Å². The number of methoxy groups -OCH3 is 1. The smallest absolute Gasteiger partial charge is 0.417 e. The van der Waals surface area contributed by atoms with Crippen molar-refractivity contribution in [2.24, 2.45) is 0 Å². The molecule has 1 amide bonds. The number of ether oxygens (including phenoxy) is 2. The monoisotopic (exact) mass is 423 g/mol. The molecule has 0 atom stereocenters. The van der Waals surface area contributed by atoms with Gasteiger partial charge < -0.3 is 14.8 Å². The van der Waals surface area contributed by atoms with Crippen molar-refractivity contribution in [3.63, 3.8) is 0 Å². The fourth-order valence-corrected chi connectivity index (χ4v) is 3.84. The summed E-state index contributed by atoms with van der Waals surface area (Å²) in [5.74, 6) is -1.14. The van der Waals surface area contributed by atoms with E-state index < -0.39 is 29.2 Å². The van der Waals surface area contributed by atoms with Gasteiger partial charge in [-0.3, -0.25) is 4.79 Å². The maximum Gasteiger partial charge on any atom is 0.417 e. The standard InChI is InChI=1S/C20H16F3NO4S/c1-3-28-16-13-10-11(8-9-15(13)29-17(16)19(26)27-2)24-18(25)12-6-4-5-7-14(12)20(21,22)23/h4-10H,3H2,1-2H3,(H,24,25). The van der Waals surface area contributed by atoms with Crippen molar-refractivity contribution >= 4 is 39.0 Å². The van der Waals surface area contributed by atoms with Crippen molar-refractivity contribution < 1.29 is 32.2 Å². The summed E-state index contributed by atoms with van der Waals surface area (Å²) in [7, 11) is 1.26. The van der Waals surface area contributed by atoms with Gasteiger partial charge in [-0.2, -0.15) is 13.2 Å². The topological polar surface area (TPSA) is 64.6 Å². The quantitative estimate of drug-likeness (QED) is 0.562. The average Bonchev–Trinajstić information content (AvgIpc) is 3.05. The molecule has 3 aromatic rings. The summed E-state index contributed by atoms with van der Waals surface area (Å²) < 4.78 is 50.5. The molecule has 29 heavy (non-hydrogen) atoms. The van der Waals surface area contributed by atoms with E-state index in [1.807, 2.05) is 0 Å². The number of anilines is 1. The van der Waals surface area contributed by atoms with Crippen LogP contribution in [0.3, 0.4) is 0 Å². The first-order valence-electron chi connectivity index (χ1n) is 8.51. The molecule has 0 spiro atoms. The van der Waals surface area contributed by atoms with Gasteiger partial charge in [-0.05, 0) is 37.3 Å². The molecule has 152 valence electrons. The molecule has 1 N–H and O–H groups in total. The summed E-state index contributed by atoms with van der Waals surface area (Å²) in [6.07, 6.45) is -4.65. The van der Waals surface area contributed by atoms with Gasteiger partial charge >= 0.3 is 12.1 Å². The molecule has 0 saturated carbocycles. The number of esters is 1. The van der Waals surface area contributed by atoms with E-state index in [1.165, 1.54) is 30.6 Å². The van der Waals surface area contributed by atoms with E-state index in [0.29, 0.717) is 22.4 Å². The summed E-state index contributed by atoms with van der Waals surface area (Å²) in [5.41, 5.74) is -1.22. The Morgan fingerprint density at radius 2 is 1.86 bits per heavy atom. The van der Waals surface area contributed by atoms with Gasteiger partial charge in [-0.1, -0.05) is 12.1 Å². The number of fused-ring (bicyclic) bond motifs is 1. The Morgan fingerprint density at radius 3 is 2.52 bits per heavy atom. The van der Waals surface area contributed by atoms with E-state index >= 15 is 0 Å². The lowest BCUT2D eigenvalue weighted by Gasteiger charge is -2.13. The number of thiophene rings is 1. The molecule has 0 aliphatic heterocycles. The highest BCUT2D eigenvalue weighted by Gasteiger charge is 2.34. The van der Waals surface area contributed by atoms with E-state index in [9.17, 15) is 22.8 Å². The van der Waals surface area contributed by atoms with Crippen molar-refractivity contribution in [1.29, 1.82) is 0 Å². The number of rotatable bonds is 5. The molecule has 0 aliphatic rings. The predicted octanol–water partition coefficient (Wildman–Crippen LogP) is 5.36. The van der Waals surface area contributed by atoms with Crippen molar-refractivity contribution in [2.45, 2.75) is 13.1 Å². The molecule has 0 radical (unpaired) electrons. The Morgan fingerprint density at radius 1 is 1.14 bits per heavy atom. The van der Waals surface area contributed by atoms with Crippen LogP contribution in [0.2, 0.25) is 0 Å². The first-order valence-corrected chi connectivity index (χ1v) is 9.33. The van der Waals surface area contributed by atoms with Gasteiger partial charge in [0.05, 0.1) is 24.8 Å². The van der Waals surface area contributed by atoms with Crippen LogP contribution >= 0.6 is 11.3 Å². The molecule has 0 bridgehead atoms. The van der Waals surface area contributed by atoms with E-state index in [2.05, 4.69) is 5.32 Å². The number of amides is 1. The molecule has 1 aromatic heterocycles. The van der Waals surface area contributed by atoms with Gasteiger partial charge in [0.15, 0.2) is 10.6 Å². The highest BCUT2D eigenvalue weighted by Crippen LogP contribution is 2.40. The Hall–Kier alpha value is -3.07. The lowest BCUT2D eigenvalue weighted by Crippen LogP contribution is -2.18. The van der Waals surface area contributed by atoms with Crippen LogP contribution in [-0.2, 0) is 10.9 Å². The lowest BCUT2D eigenvalue weighted by atomic mass is 10.1. The minimum atomic E-state index is -4.65. The Balaban J connectivity index is 1.99. The largest absolute Gasteiger partial charge is 0.491 e. The Bertz CT molecular complexity index is 1080. The summed E-state index contributed by atoms with van der Waals surface area (Å²) in [6, 6.07) is 9.30. The molecule has 9 heteroatoms. The van der Waals surface area contributed by atoms with Crippen molar-refractivity contribution in [2.75, 3.05) is 19.0 Å². The number of carbonyl (C=O) groups is 2. The van der Waals surface area contributed by atoms with Crippen LogP contribution in [0.25, 0.3) is 10.1 Å². The number of halogens is 3. The Labute approximate surface area is 168 Å². The first-order chi connectivity index (χ1) is 13.8. The number of nitrogens with one attached hydrogen (secondary N) is 1. The van der Waals surface area contributed by atoms with E-state index in [1.54, 1.807) is 25.1 Å². The zero-order valence-electron chi connectivity index (χ0n) is 15.4. The summed E-state index contributed by atoms with van der Waals surface area (Å²) in [5, 5.41) is 3.03. The van der Waals surface area contributed by atoms with Crippen molar-refractivity contribution in [1.82, 2.24) is 0 Å². The van der Waals surface area contributed by atoms with E-state index in [4.69, 9.17) is 9.47 Å². The molecule has 1 heterocycles. The van der Waals surface area contributed by atoms with Crippen LogP contribution < -0.4 is 10.1 Å². The molecule has 0 saturated heterocycles. The summed E-state index contributed by atoms with van der Waals surface area (Å²) >= 11 is 1.17. The average molecular weight is 423 g/mol. The molecule has 2 aromatic carbocycles. The normalized spacial score (nSPS) is 11.3. The molecule has 0 fully saturated rings. The highest BCUT2D eigenvalue weighted by molar-refractivity contribution is 7.21. The van der Waals surface area contributed by atoms with Gasteiger partial charge in [0.2, 0.25) is 0 Å². The lowest BCUT2D eigenvalue weighted by molar-refractivity contribution is -0.137. The second-order valence-corrected chi connectivity index (χ2v) is 6.95. The van der Waals surface area contributed by atoms with Crippen LogP contribution in [0.4, 0.5) is 18.9 Å².